The largest absolute Gasteiger partial charge is 0.389 e. The van der Waals surface area contributed by atoms with Crippen molar-refractivity contribution in [2.45, 2.75) is 25.9 Å². The third-order valence-electron chi connectivity index (χ3n) is 3.52. The predicted octanol–water partition coefficient (Wildman–Crippen LogP) is 2.00. The number of hydrogen-bond acceptors (Lipinski definition) is 4. The molecule has 0 bridgehead atoms. The smallest absolute Gasteiger partial charge is 0.128 e. The number of ether oxygens (including phenoxy) is 1. The zero-order valence-corrected chi connectivity index (χ0v) is 11.2. The second-order valence-corrected chi connectivity index (χ2v) is 5.06. The number of aliphatic hydroxyl groups is 1. The summed E-state index contributed by atoms with van der Waals surface area (Å²) >= 11 is 0. The number of pyridine rings is 1. The number of rotatable bonds is 4. The molecule has 2 heterocycles. The van der Waals surface area contributed by atoms with Crippen LogP contribution in [0, 0.1) is 5.92 Å². The Morgan fingerprint density at radius 3 is 2.72 bits per heavy atom. The van der Waals surface area contributed by atoms with Crippen LogP contribution >= 0.6 is 0 Å². The van der Waals surface area contributed by atoms with Gasteiger partial charge < -0.3 is 14.7 Å². The van der Waals surface area contributed by atoms with Crippen LogP contribution in [0.15, 0.2) is 18.3 Å². The second-order valence-electron chi connectivity index (χ2n) is 5.06. The van der Waals surface area contributed by atoms with Crippen molar-refractivity contribution in [2.75, 3.05) is 31.7 Å². The standard InChI is InChI=1S/C14H22N2O2/c1-11(17)13-3-4-14(15-9-13)16(2)10-12-5-7-18-8-6-12/h3-4,9,11-12,17H,5-8,10H2,1-2H3/t11-/m0/s1. The molecule has 1 saturated heterocycles. The molecule has 0 aromatic carbocycles. The minimum atomic E-state index is -0.452. The maximum atomic E-state index is 9.45. The summed E-state index contributed by atoms with van der Waals surface area (Å²) < 4.78 is 5.37. The second kappa shape index (κ2) is 6.16. The van der Waals surface area contributed by atoms with Crippen molar-refractivity contribution in [3.8, 4) is 0 Å². The number of aromatic nitrogens is 1. The summed E-state index contributed by atoms with van der Waals surface area (Å²) in [5, 5.41) is 9.45. The van der Waals surface area contributed by atoms with Gasteiger partial charge in [0.2, 0.25) is 0 Å². The van der Waals surface area contributed by atoms with E-state index in [0.29, 0.717) is 5.92 Å². The van der Waals surface area contributed by atoms with Gasteiger partial charge in [0.1, 0.15) is 5.82 Å². The normalized spacial score (nSPS) is 18.6. The molecule has 1 atom stereocenters. The lowest BCUT2D eigenvalue weighted by Crippen LogP contribution is -2.30. The maximum absolute atomic E-state index is 9.45. The topological polar surface area (TPSA) is 45.6 Å². The molecule has 1 aliphatic heterocycles. The third-order valence-corrected chi connectivity index (χ3v) is 3.52. The predicted molar refractivity (Wildman–Crippen MR) is 71.7 cm³/mol. The minimum Gasteiger partial charge on any atom is -0.389 e. The fourth-order valence-electron chi connectivity index (χ4n) is 2.28. The van der Waals surface area contributed by atoms with Gasteiger partial charge in [-0.15, -0.1) is 0 Å². The van der Waals surface area contributed by atoms with Gasteiger partial charge >= 0.3 is 0 Å². The van der Waals surface area contributed by atoms with E-state index >= 15 is 0 Å². The van der Waals surface area contributed by atoms with E-state index in [0.717, 1.165) is 44.0 Å². The molecular weight excluding hydrogens is 228 g/mol. The molecule has 0 saturated carbocycles. The van der Waals surface area contributed by atoms with E-state index in [2.05, 4.69) is 16.9 Å². The van der Waals surface area contributed by atoms with Crippen molar-refractivity contribution in [3.05, 3.63) is 23.9 Å². The zero-order valence-electron chi connectivity index (χ0n) is 11.2. The van der Waals surface area contributed by atoms with E-state index in [-0.39, 0.29) is 0 Å². The van der Waals surface area contributed by atoms with Crippen LogP contribution in [-0.2, 0) is 4.74 Å². The summed E-state index contributed by atoms with van der Waals surface area (Å²) in [7, 11) is 2.07. The van der Waals surface area contributed by atoms with E-state index in [1.54, 1.807) is 13.1 Å². The van der Waals surface area contributed by atoms with Crippen LogP contribution in [0.5, 0.6) is 0 Å². The molecule has 18 heavy (non-hydrogen) atoms. The summed E-state index contributed by atoms with van der Waals surface area (Å²) in [5.74, 6) is 1.66. The molecule has 2 rings (SSSR count). The van der Waals surface area contributed by atoms with Crippen molar-refractivity contribution in [3.63, 3.8) is 0 Å². The van der Waals surface area contributed by atoms with Gasteiger partial charge in [-0.1, -0.05) is 6.07 Å². The van der Waals surface area contributed by atoms with E-state index in [4.69, 9.17) is 4.74 Å². The molecule has 0 unspecified atom stereocenters. The molecule has 0 radical (unpaired) electrons. The molecule has 4 nitrogen and oxygen atoms in total. The number of aliphatic hydroxyl groups excluding tert-OH is 1. The molecule has 0 spiro atoms. The Morgan fingerprint density at radius 2 is 2.17 bits per heavy atom. The highest BCUT2D eigenvalue weighted by Gasteiger charge is 2.16. The minimum absolute atomic E-state index is 0.452. The summed E-state index contributed by atoms with van der Waals surface area (Å²) in [5.41, 5.74) is 0.859. The first-order chi connectivity index (χ1) is 8.66. The Labute approximate surface area is 109 Å². The van der Waals surface area contributed by atoms with Crippen LogP contribution in [0.2, 0.25) is 0 Å². The third kappa shape index (κ3) is 3.43. The quantitative estimate of drug-likeness (QED) is 0.887. The Hall–Kier alpha value is -1.13. The van der Waals surface area contributed by atoms with E-state index in [1.807, 2.05) is 12.1 Å². The van der Waals surface area contributed by atoms with Gasteiger partial charge in [-0.3, -0.25) is 0 Å². The van der Waals surface area contributed by atoms with Gasteiger partial charge in [-0.05, 0) is 37.3 Å². The van der Waals surface area contributed by atoms with Crippen LogP contribution in [0.1, 0.15) is 31.4 Å². The molecule has 4 heteroatoms. The first kappa shape index (κ1) is 13.3. The SMILES string of the molecule is C[C@H](O)c1ccc(N(C)CC2CCOCC2)nc1. The van der Waals surface area contributed by atoms with Gasteiger partial charge in [0, 0.05) is 33.0 Å². The summed E-state index contributed by atoms with van der Waals surface area (Å²) in [6.07, 6.45) is 3.57. The lowest BCUT2D eigenvalue weighted by molar-refractivity contribution is 0.0685. The lowest BCUT2D eigenvalue weighted by Gasteiger charge is -2.27. The van der Waals surface area contributed by atoms with Crippen molar-refractivity contribution in [1.29, 1.82) is 0 Å². The van der Waals surface area contributed by atoms with E-state index in [9.17, 15) is 5.11 Å². The van der Waals surface area contributed by atoms with Gasteiger partial charge in [0.25, 0.3) is 0 Å². The van der Waals surface area contributed by atoms with Crippen molar-refractivity contribution in [1.82, 2.24) is 4.98 Å². The lowest BCUT2D eigenvalue weighted by atomic mass is 10.00. The molecule has 0 aliphatic carbocycles. The molecule has 1 aromatic heterocycles. The number of anilines is 1. The van der Waals surface area contributed by atoms with Gasteiger partial charge in [0.05, 0.1) is 6.10 Å². The summed E-state index contributed by atoms with van der Waals surface area (Å²) in [6, 6.07) is 3.91. The highest BCUT2D eigenvalue weighted by Crippen LogP contribution is 2.19. The van der Waals surface area contributed by atoms with Crippen molar-refractivity contribution >= 4 is 5.82 Å². The fourth-order valence-corrected chi connectivity index (χ4v) is 2.28. The average Bonchev–Trinajstić information content (AvgIpc) is 2.40. The van der Waals surface area contributed by atoms with E-state index in [1.165, 1.54) is 0 Å². The highest BCUT2D eigenvalue weighted by molar-refractivity contribution is 5.38. The highest BCUT2D eigenvalue weighted by atomic mass is 16.5. The first-order valence-electron chi connectivity index (χ1n) is 6.59. The Balaban J connectivity index is 1.93. The molecule has 1 N–H and O–H groups in total. The molecule has 1 fully saturated rings. The molecule has 100 valence electrons. The Morgan fingerprint density at radius 1 is 1.44 bits per heavy atom. The number of nitrogens with zero attached hydrogens (tertiary/aromatic N) is 2. The van der Waals surface area contributed by atoms with Crippen LogP contribution in [-0.4, -0.2) is 36.9 Å². The van der Waals surface area contributed by atoms with Gasteiger partial charge in [0.15, 0.2) is 0 Å². The van der Waals surface area contributed by atoms with Crippen molar-refractivity contribution < 1.29 is 9.84 Å². The molecule has 1 aromatic rings. The van der Waals surface area contributed by atoms with Crippen LogP contribution in [0.25, 0.3) is 0 Å². The molecule has 0 amide bonds. The average molecular weight is 250 g/mol. The van der Waals surface area contributed by atoms with Gasteiger partial charge in [-0.25, -0.2) is 4.98 Å². The zero-order chi connectivity index (χ0) is 13.0. The van der Waals surface area contributed by atoms with Crippen molar-refractivity contribution in [2.24, 2.45) is 5.92 Å². The fraction of sp³-hybridized carbons (Fsp3) is 0.643. The summed E-state index contributed by atoms with van der Waals surface area (Å²) in [4.78, 5) is 6.58. The van der Waals surface area contributed by atoms with Crippen LogP contribution in [0.3, 0.4) is 0 Å². The van der Waals surface area contributed by atoms with Crippen LogP contribution in [0.4, 0.5) is 5.82 Å². The maximum Gasteiger partial charge on any atom is 0.128 e. The van der Waals surface area contributed by atoms with Crippen LogP contribution < -0.4 is 4.90 Å². The summed E-state index contributed by atoms with van der Waals surface area (Å²) in [6.45, 7) is 4.53. The monoisotopic (exact) mass is 250 g/mol. The molecule has 1 aliphatic rings. The Kier molecular flexibility index (Phi) is 4.55. The van der Waals surface area contributed by atoms with E-state index < -0.39 is 6.10 Å². The van der Waals surface area contributed by atoms with Gasteiger partial charge in [-0.2, -0.15) is 0 Å². The molecular formula is C14H22N2O2. The number of hydrogen-bond donors (Lipinski definition) is 1. The first-order valence-corrected chi connectivity index (χ1v) is 6.59. The Bertz CT molecular complexity index is 359.